The average Bonchev–Trinajstić information content (AvgIpc) is 3.10. The number of rotatable bonds is 6. The van der Waals surface area contributed by atoms with E-state index in [1.54, 1.807) is 6.92 Å². The van der Waals surface area contributed by atoms with Crippen LogP contribution < -0.4 is 14.9 Å². The topological polar surface area (TPSA) is 104 Å². The molecule has 1 saturated heterocycles. The molecular weight excluding hydrogens is 398 g/mol. The third-order valence-corrected chi connectivity index (χ3v) is 7.41. The molecule has 2 aromatic rings. The number of sulfonamides is 1. The van der Waals surface area contributed by atoms with E-state index < -0.39 is 16.1 Å². The third-order valence-electron chi connectivity index (χ3n) is 4.67. The minimum atomic E-state index is -3.83. The number of carbonyl (C=O) groups excluding carboxylic acids is 1. The van der Waals surface area contributed by atoms with Gasteiger partial charge < -0.3 is 10.2 Å². The van der Waals surface area contributed by atoms with E-state index in [9.17, 15) is 13.2 Å². The summed E-state index contributed by atoms with van der Waals surface area (Å²) in [4.78, 5) is 13.4. The molecule has 1 amide bonds. The van der Waals surface area contributed by atoms with Crippen LogP contribution >= 0.6 is 11.3 Å². The first-order chi connectivity index (χ1) is 13.2. The minimum Gasteiger partial charge on any atom is -0.371 e. The Bertz CT molecular complexity index is 927. The lowest BCUT2D eigenvalue weighted by molar-refractivity contribution is -0.114. The Morgan fingerprint density at radius 2 is 2.00 bits per heavy atom. The van der Waals surface area contributed by atoms with Gasteiger partial charge in [0.2, 0.25) is 15.4 Å². The van der Waals surface area contributed by atoms with Crippen molar-refractivity contribution in [3.05, 3.63) is 29.8 Å². The molecule has 8 nitrogen and oxygen atoms in total. The second kappa shape index (κ2) is 8.54. The first-order valence-electron chi connectivity index (χ1n) is 9.23. The maximum Gasteiger partial charge on any atom is 0.270 e. The molecule has 28 heavy (non-hydrogen) atoms. The molecule has 2 N–H and O–H groups in total. The number of nitrogens with one attached hydrogen (secondary N) is 2. The first kappa shape index (κ1) is 20.7. The maximum absolute atomic E-state index is 12.5. The van der Waals surface area contributed by atoms with E-state index >= 15 is 0 Å². The van der Waals surface area contributed by atoms with Gasteiger partial charge in [-0.15, -0.1) is 10.2 Å². The molecule has 0 unspecified atom stereocenters. The van der Waals surface area contributed by atoms with Gasteiger partial charge in [0.15, 0.2) is 0 Å². The summed E-state index contributed by atoms with van der Waals surface area (Å²) in [6.45, 7) is 7.48. The van der Waals surface area contributed by atoms with Crippen LogP contribution in [0.4, 0.5) is 10.8 Å². The van der Waals surface area contributed by atoms with Crippen LogP contribution in [0, 0.1) is 5.92 Å². The van der Waals surface area contributed by atoms with Crippen molar-refractivity contribution in [2.24, 2.45) is 5.92 Å². The minimum absolute atomic E-state index is 0.153. The lowest BCUT2D eigenvalue weighted by Gasteiger charge is -2.33. The van der Waals surface area contributed by atoms with Gasteiger partial charge in [-0.25, -0.2) is 13.1 Å². The van der Waals surface area contributed by atoms with Crippen LogP contribution in [0.2, 0.25) is 0 Å². The second-order valence-electron chi connectivity index (χ2n) is 7.18. The predicted octanol–water partition coefficient (Wildman–Crippen LogP) is 2.77. The summed E-state index contributed by atoms with van der Waals surface area (Å²) in [7, 11) is -3.83. The highest BCUT2D eigenvalue weighted by Crippen LogP contribution is 2.26. The smallest absolute Gasteiger partial charge is 0.270 e. The molecule has 0 bridgehead atoms. The van der Waals surface area contributed by atoms with Gasteiger partial charge in [-0.1, -0.05) is 30.4 Å². The van der Waals surface area contributed by atoms with Gasteiger partial charge in [0.1, 0.15) is 0 Å². The summed E-state index contributed by atoms with van der Waals surface area (Å²) >= 11 is 0.815. The Morgan fingerprint density at radius 3 is 2.64 bits per heavy atom. The number of anilines is 2. The highest BCUT2D eigenvalue weighted by Gasteiger charge is 2.24. The van der Waals surface area contributed by atoms with Gasteiger partial charge in [0.05, 0.1) is 0 Å². The highest BCUT2D eigenvalue weighted by atomic mass is 32.2. The molecule has 1 fully saturated rings. The fourth-order valence-electron chi connectivity index (χ4n) is 3.27. The normalized spacial score (nSPS) is 18.7. The lowest BCUT2D eigenvalue weighted by atomic mass is 9.99. The van der Waals surface area contributed by atoms with E-state index in [1.165, 1.54) is 19.8 Å². The number of amides is 1. The molecule has 152 valence electrons. The van der Waals surface area contributed by atoms with Crippen LogP contribution in [0.1, 0.15) is 45.2 Å². The maximum atomic E-state index is 12.5. The van der Waals surface area contributed by atoms with Crippen LogP contribution in [0.5, 0.6) is 0 Å². The molecule has 0 radical (unpaired) electrons. The molecule has 1 aliphatic heterocycles. The van der Waals surface area contributed by atoms with Crippen LogP contribution in [0.15, 0.2) is 28.6 Å². The molecule has 1 aliphatic rings. The van der Waals surface area contributed by atoms with Gasteiger partial charge in [0, 0.05) is 31.7 Å². The molecule has 2 heterocycles. The molecule has 0 saturated carbocycles. The van der Waals surface area contributed by atoms with Crippen molar-refractivity contribution in [3.63, 3.8) is 0 Å². The second-order valence-corrected chi connectivity index (χ2v) is 10.0. The predicted molar refractivity (Wildman–Crippen MR) is 110 cm³/mol. The van der Waals surface area contributed by atoms with Crippen molar-refractivity contribution in [1.82, 2.24) is 14.9 Å². The number of aromatic nitrogens is 2. The third kappa shape index (κ3) is 5.06. The van der Waals surface area contributed by atoms with Gasteiger partial charge in [-0.05, 0) is 43.4 Å². The molecule has 1 aromatic carbocycles. The lowest BCUT2D eigenvalue weighted by Crippen LogP contribution is -2.34. The molecule has 10 heteroatoms. The number of nitrogens with zero attached hydrogens (tertiary/aromatic N) is 3. The zero-order chi connectivity index (χ0) is 20.3. The van der Waals surface area contributed by atoms with Gasteiger partial charge in [-0.2, -0.15) is 0 Å². The van der Waals surface area contributed by atoms with Crippen molar-refractivity contribution >= 4 is 38.1 Å². The summed E-state index contributed by atoms with van der Waals surface area (Å²) in [5.74, 6) is 0.359. The standard InChI is InChI=1S/C18H25N5O3S2/c1-12-5-4-10-23(11-12)16-8-6-15(7-9-16)13(2)22-28(25,26)18-21-20-17(27-18)19-14(3)24/h6-9,12-13,22H,4-5,10-11H2,1-3H3,(H,19,20,24)/t12-,13-/m1/s1. The van der Waals surface area contributed by atoms with Crippen molar-refractivity contribution in [2.75, 3.05) is 23.3 Å². The Balaban J connectivity index is 1.67. The molecule has 3 rings (SSSR count). The van der Waals surface area contributed by atoms with E-state index in [0.717, 1.165) is 35.7 Å². The highest BCUT2D eigenvalue weighted by molar-refractivity contribution is 7.91. The van der Waals surface area contributed by atoms with Crippen molar-refractivity contribution in [3.8, 4) is 0 Å². The molecule has 0 spiro atoms. The van der Waals surface area contributed by atoms with E-state index in [-0.39, 0.29) is 15.4 Å². The van der Waals surface area contributed by atoms with E-state index in [1.807, 2.05) is 24.3 Å². The summed E-state index contributed by atoms with van der Waals surface area (Å²) in [6.07, 6.45) is 2.46. The Kier molecular flexibility index (Phi) is 6.31. The number of piperidine rings is 1. The van der Waals surface area contributed by atoms with Crippen LogP contribution in [0.25, 0.3) is 0 Å². The molecule has 1 aromatic heterocycles. The molecular formula is C18H25N5O3S2. The van der Waals surface area contributed by atoms with E-state index in [2.05, 4.69) is 32.1 Å². The Hall–Kier alpha value is -2.04. The van der Waals surface area contributed by atoms with E-state index in [0.29, 0.717) is 5.92 Å². The summed E-state index contributed by atoms with van der Waals surface area (Å²) in [6, 6.07) is 7.55. The van der Waals surface area contributed by atoms with Crippen LogP contribution in [-0.4, -0.2) is 37.6 Å². The summed E-state index contributed by atoms with van der Waals surface area (Å²) < 4.78 is 27.5. The van der Waals surface area contributed by atoms with Crippen LogP contribution in [-0.2, 0) is 14.8 Å². The zero-order valence-corrected chi connectivity index (χ0v) is 17.8. The average molecular weight is 424 g/mol. The van der Waals surface area contributed by atoms with Gasteiger partial charge >= 0.3 is 0 Å². The monoisotopic (exact) mass is 423 g/mol. The largest absolute Gasteiger partial charge is 0.371 e. The summed E-state index contributed by atoms with van der Waals surface area (Å²) in [5.41, 5.74) is 2.03. The first-order valence-corrected chi connectivity index (χ1v) is 11.5. The fourth-order valence-corrected chi connectivity index (χ4v) is 5.46. The SMILES string of the molecule is CC(=O)Nc1nnc(S(=O)(=O)N[C@H](C)c2ccc(N3CCC[C@@H](C)C3)cc2)s1. The Labute approximate surface area is 169 Å². The zero-order valence-electron chi connectivity index (χ0n) is 16.2. The quantitative estimate of drug-likeness (QED) is 0.693. The van der Waals surface area contributed by atoms with Gasteiger partial charge in [-0.3, -0.25) is 4.79 Å². The number of hydrogen-bond acceptors (Lipinski definition) is 7. The number of carbonyl (C=O) groups is 1. The van der Waals surface area contributed by atoms with Crippen molar-refractivity contribution in [2.45, 2.75) is 44.0 Å². The van der Waals surface area contributed by atoms with Crippen LogP contribution in [0.3, 0.4) is 0 Å². The Morgan fingerprint density at radius 1 is 1.29 bits per heavy atom. The van der Waals surface area contributed by atoms with Crippen molar-refractivity contribution in [1.29, 1.82) is 0 Å². The van der Waals surface area contributed by atoms with E-state index in [4.69, 9.17) is 0 Å². The fraction of sp³-hybridized carbons (Fsp3) is 0.500. The van der Waals surface area contributed by atoms with Gasteiger partial charge in [0.25, 0.3) is 10.0 Å². The molecule has 2 atom stereocenters. The number of hydrogen-bond donors (Lipinski definition) is 2. The summed E-state index contributed by atoms with van der Waals surface area (Å²) in [5, 5.41) is 9.94. The number of benzene rings is 1. The molecule has 0 aliphatic carbocycles. The van der Waals surface area contributed by atoms with Crippen molar-refractivity contribution < 1.29 is 13.2 Å².